The lowest BCUT2D eigenvalue weighted by atomic mass is 10.1. The molecule has 3 aromatic rings. The molecule has 0 atom stereocenters. The Hall–Kier alpha value is -3.53. The molecule has 13 nitrogen and oxygen atoms in total. The molecule has 1 aromatic heterocycles. The van der Waals surface area contributed by atoms with E-state index in [1.807, 2.05) is 0 Å². The Kier molecular flexibility index (Phi) is 6.45. The number of nitro benzene ring substituents is 2. The maximum atomic E-state index is 12.7. The highest BCUT2D eigenvalue weighted by molar-refractivity contribution is 7.89. The number of sulfonamides is 1. The van der Waals surface area contributed by atoms with Crippen molar-refractivity contribution in [1.82, 2.24) is 4.57 Å². The molecule has 0 bridgehead atoms. The lowest BCUT2D eigenvalue weighted by Gasteiger charge is -2.05. The first-order chi connectivity index (χ1) is 15.0. The fourth-order valence-corrected chi connectivity index (χ4v) is 4.50. The number of nitrogens with two attached hydrogens (primary N) is 1. The number of benzene rings is 2. The second kappa shape index (κ2) is 8.91. The molecule has 0 aliphatic carbocycles. The lowest BCUT2D eigenvalue weighted by Crippen LogP contribution is -2.19. The van der Waals surface area contributed by atoms with Gasteiger partial charge in [-0.05, 0) is 18.2 Å². The summed E-state index contributed by atoms with van der Waals surface area (Å²) in [6.45, 7) is 0.499. The van der Waals surface area contributed by atoms with E-state index in [1.54, 1.807) is 4.57 Å². The van der Waals surface area contributed by atoms with E-state index in [1.165, 1.54) is 25.3 Å². The number of aromatic nitrogens is 1. The molecular formula is C17H15N5O8S2. The van der Waals surface area contributed by atoms with Crippen molar-refractivity contribution in [2.45, 2.75) is 11.4 Å². The van der Waals surface area contributed by atoms with Gasteiger partial charge in [0.2, 0.25) is 10.0 Å². The van der Waals surface area contributed by atoms with E-state index in [-0.39, 0.29) is 28.4 Å². The molecular weight excluding hydrogens is 466 g/mol. The SMILES string of the molecule is COCCn1c(=NC(=O)c2cc([N+](=O)[O-])cc([N+](=O)[O-])c2)sc2cc(S(N)(=O)=O)ccc21. The first kappa shape index (κ1) is 23.1. The van der Waals surface area contributed by atoms with Crippen LogP contribution in [0.3, 0.4) is 0 Å². The number of nitro groups is 2. The molecule has 32 heavy (non-hydrogen) atoms. The Labute approximate surface area is 183 Å². The molecule has 168 valence electrons. The first-order valence-electron chi connectivity index (χ1n) is 8.69. The number of amides is 1. The van der Waals surface area contributed by atoms with E-state index in [0.29, 0.717) is 10.2 Å². The Morgan fingerprint density at radius 1 is 1.16 bits per heavy atom. The van der Waals surface area contributed by atoms with Crippen molar-refractivity contribution in [3.05, 3.63) is 67.0 Å². The van der Waals surface area contributed by atoms with Crippen molar-refractivity contribution in [3.63, 3.8) is 0 Å². The van der Waals surface area contributed by atoms with Crippen molar-refractivity contribution >= 4 is 48.9 Å². The normalized spacial score (nSPS) is 12.2. The van der Waals surface area contributed by atoms with Crippen LogP contribution in [0.25, 0.3) is 10.2 Å². The number of fused-ring (bicyclic) bond motifs is 1. The minimum absolute atomic E-state index is 0.127. The number of hydrogen-bond donors (Lipinski definition) is 1. The molecule has 0 unspecified atom stereocenters. The monoisotopic (exact) mass is 481 g/mol. The van der Waals surface area contributed by atoms with Crippen LogP contribution in [-0.4, -0.2) is 42.5 Å². The summed E-state index contributed by atoms with van der Waals surface area (Å²) in [5.74, 6) is -0.943. The highest BCUT2D eigenvalue weighted by atomic mass is 32.2. The molecule has 2 N–H and O–H groups in total. The summed E-state index contributed by atoms with van der Waals surface area (Å²) in [7, 11) is -2.49. The van der Waals surface area contributed by atoms with Crippen LogP contribution in [0.15, 0.2) is 46.3 Å². The van der Waals surface area contributed by atoms with E-state index in [0.717, 1.165) is 29.5 Å². The van der Waals surface area contributed by atoms with Gasteiger partial charge in [0.25, 0.3) is 17.3 Å². The van der Waals surface area contributed by atoms with Gasteiger partial charge in [-0.2, -0.15) is 4.99 Å². The second-order valence-electron chi connectivity index (χ2n) is 6.37. The summed E-state index contributed by atoms with van der Waals surface area (Å²) in [5.41, 5.74) is -1.04. The van der Waals surface area contributed by atoms with E-state index >= 15 is 0 Å². The van der Waals surface area contributed by atoms with Crippen LogP contribution in [0.2, 0.25) is 0 Å². The van der Waals surface area contributed by atoms with Gasteiger partial charge in [0.05, 0.1) is 43.2 Å². The molecule has 0 aliphatic rings. The average Bonchev–Trinajstić information content (AvgIpc) is 3.07. The Balaban J connectivity index is 2.19. The summed E-state index contributed by atoms with van der Waals surface area (Å²) < 4.78 is 30.4. The zero-order valence-corrected chi connectivity index (χ0v) is 18.0. The topological polar surface area (TPSA) is 190 Å². The van der Waals surface area contributed by atoms with Gasteiger partial charge in [-0.25, -0.2) is 13.6 Å². The van der Waals surface area contributed by atoms with Crippen molar-refractivity contribution in [1.29, 1.82) is 0 Å². The van der Waals surface area contributed by atoms with Gasteiger partial charge >= 0.3 is 0 Å². The van der Waals surface area contributed by atoms with Gasteiger partial charge in [-0.1, -0.05) is 11.3 Å². The molecule has 0 fully saturated rings. The van der Waals surface area contributed by atoms with Crippen LogP contribution in [0.1, 0.15) is 10.4 Å². The standard InChI is InChI=1S/C17H15N5O8S2/c1-30-5-4-20-14-3-2-13(32(18,28)29)9-15(14)31-17(20)19-16(23)10-6-11(21(24)25)8-12(7-10)22(26)27/h2-3,6-9H,4-5H2,1H3,(H2,18,28,29). The summed E-state index contributed by atoms with van der Waals surface area (Å²) in [5, 5.41) is 27.3. The zero-order chi connectivity index (χ0) is 23.6. The fourth-order valence-electron chi connectivity index (χ4n) is 2.80. The summed E-state index contributed by atoms with van der Waals surface area (Å²) in [6, 6.07) is 6.67. The Bertz CT molecular complexity index is 1390. The number of thiazole rings is 1. The Morgan fingerprint density at radius 3 is 2.31 bits per heavy atom. The zero-order valence-electron chi connectivity index (χ0n) is 16.3. The van der Waals surface area contributed by atoms with E-state index in [9.17, 15) is 33.4 Å². The number of nitrogens with zero attached hydrogens (tertiary/aromatic N) is 4. The van der Waals surface area contributed by atoms with Crippen LogP contribution in [0.5, 0.6) is 0 Å². The third-order valence-electron chi connectivity index (χ3n) is 4.27. The highest BCUT2D eigenvalue weighted by Gasteiger charge is 2.20. The maximum Gasteiger partial charge on any atom is 0.280 e. The number of ether oxygens (including phenoxy) is 1. The van der Waals surface area contributed by atoms with E-state index in [4.69, 9.17) is 9.88 Å². The summed E-state index contributed by atoms with van der Waals surface area (Å²) in [4.78, 5) is 37.2. The van der Waals surface area contributed by atoms with Crippen LogP contribution >= 0.6 is 11.3 Å². The van der Waals surface area contributed by atoms with E-state index < -0.39 is 37.2 Å². The molecule has 0 spiro atoms. The second-order valence-corrected chi connectivity index (χ2v) is 8.94. The third kappa shape index (κ3) is 4.86. The van der Waals surface area contributed by atoms with Gasteiger partial charge in [0.15, 0.2) is 4.80 Å². The maximum absolute atomic E-state index is 12.7. The predicted molar refractivity (Wildman–Crippen MR) is 113 cm³/mol. The van der Waals surface area contributed by atoms with Crippen LogP contribution < -0.4 is 9.94 Å². The number of carbonyl (C=O) groups is 1. The molecule has 0 aliphatic heterocycles. The number of carbonyl (C=O) groups excluding carboxylic acids is 1. The minimum Gasteiger partial charge on any atom is -0.383 e. The molecule has 3 rings (SSSR count). The van der Waals surface area contributed by atoms with Gasteiger partial charge in [0, 0.05) is 25.8 Å². The van der Waals surface area contributed by atoms with Gasteiger partial charge < -0.3 is 9.30 Å². The van der Waals surface area contributed by atoms with Crippen molar-refractivity contribution in [3.8, 4) is 0 Å². The molecule has 0 radical (unpaired) electrons. The molecule has 1 amide bonds. The molecule has 15 heteroatoms. The number of rotatable bonds is 7. The summed E-state index contributed by atoms with van der Waals surface area (Å²) in [6.07, 6.45) is 0. The van der Waals surface area contributed by atoms with Crippen LogP contribution in [0.4, 0.5) is 11.4 Å². The molecule has 0 saturated heterocycles. The number of methoxy groups -OCH3 is 1. The molecule has 1 heterocycles. The van der Waals surface area contributed by atoms with E-state index in [2.05, 4.69) is 4.99 Å². The number of non-ortho nitro benzene ring substituents is 2. The van der Waals surface area contributed by atoms with Crippen molar-refractivity contribution < 1.29 is 27.8 Å². The molecule has 0 saturated carbocycles. The highest BCUT2D eigenvalue weighted by Crippen LogP contribution is 2.24. The predicted octanol–water partition coefficient (Wildman–Crippen LogP) is 1.55. The fraction of sp³-hybridized carbons (Fsp3) is 0.176. The van der Waals surface area contributed by atoms with Crippen molar-refractivity contribution in [2.24, 2.45) is 10.1 Å². The smallest absolute Gasteiger partial charge is 0.280 e. The number of primary sulfonamides is 1. The minimum atomic E-state index is -3.96. The lowest BCUT2D eigenvalue weighted by molar-refractivity contribution is -0.394. The Morgan fingerprint density at radius 2 is 1.78 bits per heavy atom. The first-order valence-corrected chi connectivity index (χ1v) is 11.1. The number of hydrogen-bond acceptors (Lipinski definition) is 9. The van der Waals surface area contributed by atoms with Crippen LogP contribution in [0, 0.1) is 20.2 Å². The average molecular weight is 481 g/mol. The van der Waals surface area contributed by atoms with Gasteiger partial charge in [-0.3, -0.25) is 25.0 Å². The largest absolute Gasteiger partial charge is 0.383 e. The summed E-state index contributed by atoms with van der Waals surface area (Å²) >= 11 is 0.981. The van der Waals surface area contributed by atoms with Crippen molar-refractivity contribution in [2.75, 3.05) is 13.7 Å². The quantitative estimate of drug-likeness (QED) is 0.388. The van der Waals surface area contributed by atoms with Gasteiger partial charge in [0.1, 0.15) is 0 Å². The molecule has 2 aromatic carbocycles. The van der Waals surface area contributed by atoms with Gasteiger partial charge in [-0.15, -0.1) is 0 Å². The van der Waals surface area contributed by atoms with Crippen LogP contribution in [-0.2, 0) is 21.3 Å². The third-order valence-corrected chi connectivity index (χ3v) is 6.22.